The first kappa shape index (κ1) is 23.0. The van der Waals surface area contributed by atoms with Crippen molar-refractivity contribution in [2.45, 2.75) is 26.1 Å². The molecule has 35 heavy (non-hydrogen) atoms. The van der Waals surface area contributed by atoms with Crippen LogP contribution in [-0.2, 0) is 13.1 Å². The van der Waals surface area contributed by atoms with Crippen LogP contribution in [-0.4, -0.2) is 30.4 Å². The summed E-state index contributed by atoms with van der Waals surface area (Å²) in [6.45, 7) is 2.52. The Morgan fingerprint density at radius 3 is 2.77 bits per heavy atom. The lowest BCUT2D eigenvalue weighted by atomic mass is 10.1. The Hall–Kier alpha value is -3.76. The summed E-state index contributed by atoms with van der Waals surface area (Å²) in [5.74, 6) is -1.26. The fourth-order valence-corrected chi connectivity index (χ4v) is 4.44. The Labute approximate surface area is 207 Å². The summed E-state index contributed by atoms with van der Waals surface area (Å²) >= 11 is 12.1. The van der Waals surface area contributed by atoms with E-state index in [4.69, 9.17) is 28.2 Å². The van der Waals surface area contributed by atoms with Gasteiger partial charge in [0.25, 0.3) is 5.56 Å². The van der Waals surface area contributed by atoms with Crippen LogP contribution in [0, 0.1) is 5.82 Å². The molecule has 0 unspecified atom stereocenters. The van der Waals surface area contributed by atoms with Gasteiger partial charge in [0.05, 0.1) is 35.2 Å². The second-order valence-corrected chi connectivity index (χ2v) is 8.90. The summed E-state index contributed by atoms with van der Waals surface area (Å²) in [7, 11) is 0. The van der Waals surface area contributed by atoms with E-state index in [1.54, 1.807) is 13.0 Å². The Balaban J connectivity index is 1.56. The normalized spacial score (nSPS) is 13.7. The Kier molecular flexibility index (Phi) is 5.78. The van der Waals surface area contributed by atoms with Gasteiger partial charge in [-0.25, -0.2) is 19.2 Å². The summed E-state index contributed by atoms with van der Waals surface area (Å²) in [6.07, 6.45) is 2.63. The lowest BCUT2D eigenvalue weighted by Gasteiger charge is -2.21. The third kappa shape index (κ3) is 4.38. The van der Waals surface area contributed by atoms with E-state index >= 15 is 0 Å². The van der Waals surface area contributed by atoms with E-state index in [2.05, 4.69) is 15.3 Å². The van der Waals surface area contributed by atoms with Crippen molar-refractivity contribution in [3.8, 4) is 0 Å². The van der Waals surface area contributed by atoms with E-state index in [1.165, 1.54) is 34.9 Å². The molecule has 5 heterocycles. The number of nitrogens with zero attached hydrogens (tertiary/aromatic N) is 5. The predicted molar refractivity (Wildman–Crippen MR) is 129 cm³/mol. The topological polar surface area (TPSA) is 113 Å². The first-order chi connectivity index (χ1) is 16.7. The molecule has 4 aromatic heterocycles. The van der Waals surface area contributed by atoms with Crippen LogP contribution in [0.3, 0.4) is 0 Å². The minimum absolute atomic E-state index is 0.0487. The number of nitrogens with one attached hydrogen (secondary N) is 1. The maximum absolute atomic E-state index is 13.6. The molecule has 9 nitrogen and oxygen atoms in total. The van der Waals surface area contributed by atoms with Gasteiger partial charge in [0, 0.05) is 24.4 Å². The lowest BCUT2D eigenvalue weighted by molar-refractivity contribution is 0.0691. The number of hydrogen-bond donors (Lipinski definition) is 2. The number of aromatic carboxylic acids is 1. The molecule has 0 radical (unpaired) electrons. The molecule has 1 aliphatic heterocycles. The lowest BCUT2D eigenvalue weighted by Crippen LogP contribution is -2.23. The van der Waals surface area contributed by atoms with Gasteiger partial charge in [-0.05, 0) is 36.8 Å². The molecule has 12 heteroatoms. The molecule has 4 aromatic rings. The number of fused-ring (bicyclic) bond motifs is 2. The number of anilines is 2. The largest absolute Gasteiger partial charge is 0.476 e. The number of pyridine rings is 3. The van der Waals surface area contributed by atoms with Crippen LogP contribution >= 0.6 is 23.2 Å². The summed E-state index contributed by atoms with van der Waals surface area (Å²) in [6, 6.07) is 6.94. The summed E-state index contributed by atoms with van der Waals surface area (Å²) in [4.78, 5) is 39.2. The van der Waals surface area contributed by atoms with Crippen LogP contribution in [0.15, 0.2) is 47.5 Å². The van der Waals surface area contributed by atoms with E-state index < -0.39 is 17.8 Å². The van der Waals surface area contributed by atoms with E-state index in [1.807, 2.05) is 4.90 Å². The maximum Gasteiger partial charge on any atom is 0.356 e. The van der Waals surface area contributed by atoms with Crippen LogP contribution in [0.2, 0.25) is 10.2 Å². The smallest absolute Gasteiger partial charge is 0.356 e. The summed E-state index contributed by atoms with van der Waals surface area (Å²) in [5, 5.41) is 13.0. The highest BCUT2D eigenvalue weighted by Gasteiger charge is 2.24. The average molecular weight is 515 g/mol. The van der Waals surface area contributed by atoms with Crippen molar-refractivity contribution in [2.75, 3.05) is 10.2 Å². The second kappa shape index (κ2) is 8.79. The molecule has 1 atom stereocenters. The highest BCUT2D eigenvalue weighted by Crippen LogP contribution is 2.30. The number of carboxylic acid groups (broad SMARTS) is 1. The number of halogens is 3. The Bertz CT molecular complexity index is 1560. The van der Waals surface area contributed by atoms with Crippen LogP contribution in [0.1, 0.15) is 40.3 Å². The van der Waals surface area contributed by atoms with Gasteiger partial charge >= 0.3 is 5.97 Å². The molecular formula is C23H17Cl2FN6O3. The molecule has 0 aromatic carbocycles. The van der Waals surface area contributed by atoms with Gasteiger partial charge in [0.1, 0.15) is 22.4 Å². The van der Waals surface area contributed by atoms with Crippen LogP contribution in [0.4, 0.5) is 15.9 Å². The molecule has 0 fully saturated rings. The molecule has 2 N–H and O–H groups in total. The molecule has 1 aliphatic rings. The molecule has 0 amide bonds. The number of carboxylic acids is 1. The minimum Gasteiger partial charge on any atom is -0.476 e. The quantitative estimate of drug-likeness (QED) is 0.378. The van der Waals surface area contributed by atoms with Gasteiger partial charge < -0.3 is 15.3 Å². The van der Waals surface area contributed by atoms with Gasteiger partial charge in [0.2, 0.25) is 0 Å². The number of carbonyl (C=O) groups is 1. The average Bonchev–Trinajstić information content (AvgIpc) is 3.23. The van der Waals surface area contributed by atoms with E-state index in [-0.39, 0.29) is 22.1 Å². The van der Waals surface area contributed by atoms with Crippen molar-refractivity contribution in [3.05, 3.63) is 91.6 Å². The van der Waals surface area contributed by atoms with Crippen LogP contribution in [0.25, 0.3) is 5.65 Å². The van der Waals surface area contributed by atoms with Crippen molar-refractivity contribution in [3.63, 3.8) is 0 Å². The Morgan fingerprint density at radius 2 is 2.00 bits per heavy atom. The van der Waals surface area contributed by atoms with Crippen molar-refractivity contribution in [1.29, 1.82) is 0 Å². The third-order valence-electron chi connectivity index (χ3n) is 5.70. The number of rotatable bonds is 5. The Morgan fingerprint density at radius 1 is 1.20 bits per heavy atom. The minimum atomic E-state index is -1.24. The molecule has 0 spiro atoms. The molecule has 0 saturated carbocycles. The first-order valence-corrected chi connectivity index (χ1v) is 11.2. The highest BCUT2D eigenvalue weighted by atomic mass is 35.5. The van der Waals surface area contributed by atoms with Crippen LogP contribution < -0.4 is 15.8 Å². The molecule has 178 valence electrons. The maximum atomic E-state index is 13.6. The van der Waals surface area contributed by atoms with Gasteiger partial charge in [-0.2, -0.15) is 0 Å². The van der Waals surface area contributed by atoms with E-state index in [9.17, 15) is 19.1 Å². The summed E-state index contributed by atoms with van der Waals surface area (Å²) < 4.78 is 14.9. The molecule has 5 rings (SSSR count). The highest BCUT2D eigenvalue weighted by molar-refractivity contribution is 6.30. The van der Waals surface area contributed by atoms with Gasteiger partial charge in [-0.1, -0.05) is 23.2 Å². The number of hydrogen-bond acceptors (Lipinski definition) is 7. The van der Waals surface area contributed by atoms with Crippen LogP contribution in [0.5, 0.6) is 0 Å². The molecule has 0 bridgehead atoms. The van der Waals surface area contributed by atoms with Crippen molar-refractivity contribution in [1.82, 2.24) is 19.4 Å². The number of aromatic nitrogens is 4. The van der Waals surface area contributed by atoms with Crippen molar-refractivity contribution >= 4 is 46.3 Å². The van der Waals surface area contributed by atoms with Crippen molar-refractivity contribution < 1.29 is 14.3 Å². The first-order valence-electron chi connectivity index (χ1n) is 10.5. The van der Waals surface area contributed by atoms with Gasteiger partial charge in [0.15, 0.2) is 5.69 Å². The second-order valence-electron chi connectivity index (χ2n) is 8.08. The standard InChI is InChI=1S/C23H17Cl2FN6O3/c1-11(28-16-2-3-18(25)29-21(16)23(34)35)15-5-13(24)9-32-20(33)6-19(30-22(15)32)31-8-12-4-14(26)7-27-17(12)10-31/h2-7,9,11,28H,8,10H2,1H3,(H,34,35)/t11-/m1/s1. The zero-order valence-corrected chi connectivity index (χ0v) is 19.7. The summed E-state index contributed by atoms with van der Waals surface area (Å²) in [5.41, 5.74) is 2.00. The fourth-order valence-electron chi connectivity index (χ4n) is 4.08. The monoisotopic (exact) mass is 514 g/mol. The SMILES string of the molecule is C[C@@H](Nc1ccc(Cl)nc1C(=O)O)c1cc(Cl)cn2c(=O)cc(N3Cc4cc(F)cnc4C3)nc12. The zero-order valence-electron chi connectivity index (χ0n) is 18.2. The zero-order chi connectivity index (χ0) is 24.9. The third-order valence-corrected chi connectivity index (χ3v) is 6.11. The van der Waals surface area contributed by atoms with E-state index in [0.29, 0.717) is 35.1 Å². The van der Waals surface area contributed by atoms with E-state index in [0.717, 1.165) is 17.5 Å². The molecule has 0 saturated heterocycles. The van der Waals surface area contributed by atoms with Gasteiger partial charge in [-0.3, -0.25) is 14.2 Å². The van der Waals surface area contributed by atoms with Gasteiger partial charge in [-0.15, -0.1) is 0 Å². The molecular weight excluding hydrogens is 498 g/mol. The predicted octanol–water partition coefficient (Wildman–Crippen LogP) is 4.32. The fraction of sp³-hybridized carbons (Fsp3) is 0.174. The van der Waals surface area contributed by atoms with Crippen molar-refractivity contribution in [2.24, 2.45) is 0 Å². The molecule has 0 aliphatic carbocycles.